The molecule has 0 aromatic heterocycles. The van der Waals surface area contributed by atoms with E-state index in [0.29, 0.717) is 38.6 Å². The van der Waals surface area contributed by atoms with Crippen LogP contribution in [0.4, 0.5) is 0 Å². The zero-order valence-corrected chi connectivity index (χ0v) is 28.1. The fraction of sp³-hybridized carbons (Fsp3) is 0.429. The average Bonchev–Trinajstić information content (AvgIpc) is 3.01. The number of methoxy groups -OCH3 is 1. The van der Waals surface area contributed by atoms with Gasteiger partial charge in [0.2, 0.25) is 0 Å². The molecule has 0 bridgehead atoms. The van der Waals surface area contributed by atoms with Gasteiger partial charge in [0.05, 0.1) is 0 Å². The van der Waals surface area contributed by atoms with Crippen molar-refractivity contribution in [1.29, 1.82) is 0 Å². The Morgan fingerprint density at radius 1 is 1.00 bits per heavy atom. The molecule has 8 heteroatoms. The maximum atomic E-state index is 12.4. The van der Waals surface area contributed by atoms with E-state index in [0.717, 1.165) is 46.9 Å². The molecule has 0 fully saturated rings. The molecule has 3 aromatic rings. The van der Waals surface area contributed by atoms with E-state index in [-0.39, 0.29) is 27.6 Å². The maximum absolute atomic E-state index is 12.4. The average molecular weight is 648 g/mol. The Labute approximate surface area is 264 Å². The monoisotopic (exact) mass is 647 g/mol. The molecule has 1 radical (unpaired) electrons. The summed E-state index contributed by atoms with van der Waals surface area (Å²) in [5.41, 5.74) is 11.8. The van der Waals surface area contributed by atoms with Crippen molar-refractivity contribution in [3.63, 3.8) is 0 Å². The summed E-state index contributed by atoms with van der Waals surface area (Å²) in [6.45, 7) is 3.93. The molecule has 3 N–H and O–H groups in total. The third-order valence-electron chi connectivity index (χ3n) is 7.17. The van der Waals surface area contributed by atoms with Gasteiger partial charge >= 0.3 is 205 Å². The SMILES string of the molecule is CCCCN=C(N)NC(=O)CCc1ccc(-c2ccc(C[As]CC(c3ccccc3)N(C)C)cc2)c(OCCCOC)c1. The van der Waals surface area contributed by atoms with Gasteiger partial charge in [-0.1, -0.05) is 13.3 Å². The molecule has 43 heavy (non-hydrogen) atoms. The molecule has 1 atom stereocenters. The number of rotatable bonds is 18. The second kappa shape index (κ2) is 19.2. The molecular formula is C35H48AsN4O3. The Balaban J connectivity index is 1.63. The van der Waals surface area contributed by atoms with Gasteiger partial charge in [0, 0.05) is 13.7 Å². The topological polar surface area (TPSA) is 89.2 Å². The molecule has 231 valence electrons. The number of nitrogens with zero attached hydrogens (tertiary/aromatic N) is 2. The fourth-order valence-electron chi connectivity index (χ4n) is 4.67. The van der Waals surface area contributed by atoms with E-state index in [1.807, 2.05) is 0 Å². The van der Waals surface area contributed by atoms with Crippen LogP contribution in [0, 0.1) is 0 Å². The van der Waals surface area contributed by atoms with Gasteiger partial charge in [-0.05, 0) is 6.42 Å². The zero-order chi connectivity index (χ0) is 30.9. The molecule has 0 saturated carbocycles. The Morgan fingerprint density at radius 3 is 2.44 bits per heavy atom. The first-order valence-electron chi connectivity index (χ1n) is 15.2. The number of hydrogen-bond acceptors (Lipinski definition) is 5. The Hall–Kier alpha value is -3.12. The van der Waals surface area contributed by atoms with Crippen LogP contribution in [0.1, 0.15) is 55.3 Å². The number of carbonyl (C=O) groups excluding carboxylic acids is 1. The number of benzene rings is 3. The van der Waals surface area contributed by atoms with Gasteiger partial charge < -0.3 is 5.73 Å². The molecule has 7 nitrogen and oxygen atoms in total. The number of amides is 1. The van der Waals surface area contributed by atoms with E-state index in [1.165, 1.54) is 16.3 Å². The van der Waals surface area contributed by atoms with Crippen LogP contribution in [0.2, 0.25) is 5.21 Å². The number of hydrogen-bond donors (Lipinski definition) is 2. The van der Waals surface area contributed by atoms with Gasteiger partial charge in [-0.3, -0.25) is 15.1 Å². The molecule has 0 aliphatic carbocycles. The van der Waals surface area contributed by atoms with Crippen molar-refractivity contribution < 1.29 is 14.3 Å². The molecule has 3 rings (SSSR count). The van der Waals surface area contributed by atoms with Crippen molar-refractivity contribution in [1.82, 2.24) is 10.2 Å². The number of nitrogens with one attached hydrogen (secondary N) is 1. The normalized spacial score (nSPS) is 12.6. The summed E-state index contributed by atoms with van der Waals surface area (Å²) in [6, 6.07) is 26.4. The molecular weight excluding hydrogens is 599 g/mol. The number of ether oxygens (including phenoxy) is 2. The van der Waals surface area contributed by atoms with Crippen molar-refractivity contribution in [2.45, 2.75) is 55.5 Å². The minimum atomic E-state index is -0.136. The molecule has 3 aromatic carbocycles. The predicted molar refractivity (Wildman–Crippen MR) is 179 cm³/mol. The third-order valence-corrected chi connectivity index (χ3v) is 9.67. The van der Waals surface area contributed by atoms with Crippen LogP contribution in [-0.2, 0) is 21.2 Å². The van der Waals surface area contributed by atoms with Crippen LogP contribution < -0.4 is 15.8 Å². The summed E-state index contributed by atoms with van der Waals surface area (Å²) in [7, 11) is 6.04. The van der Waals surface area contributed by atoms with Crippen molar-refractivity contribution in [2.24, 2.45) is 10.7 Å². The Morgan fingerprint density at radius 2 is 1.74 bits per heavy atom. The van der Waals surface area contributed by atoms with Gasteiger partial charge in [0.15, 0.2) is 5.96 Å². The van der Waals surface area contributed by atoms with Crippen LogP contribution in [0.15, 0.2) is 77.8 Å². The van der Waals surface area contributed by atoms with Crippen molar-refractivity contribution in [2.75, 3.05) is 41.0 Å². The third kappa shape index (κ3) is 12.2. The van der Waals surface area contributed by atoms with E-state index in [4.69, 9.17) is 15.2 Å². The predicted octanol–water partition coefficient (Wildman–Crippen LogP) is 5.86. The van der Waals surface area contributed by atoms with Crippen LogP contribution in [0.25, 0.3) is 11.1 Å². The number of carbonyl (C=O) groups is 1. The molecule has 0 heterocycles. The van der Waals surface area contributed by atoms with Crippen LogP contribution >= 0.6 is 0 Å². The van der Waals surface area contributed by atoms with Gasteiger partial charge in [0.25, 0.3) is 0 Å². The van der Waals surface area contributed by atoms with Gasteiger partial charge in [-0.25, -0.2) is 0 Å². The van der Waals surface area contributed by atoms with E-state index in [9.17, 15) is 4.79 Å². The van der Waals surface area contributed by atoms with Crippen molar-refractivity contribution in [3.8, 4) is 16.9 Å². The van der Waals surface area contributed by atoms with E-state index in [1.54, 1.807) is 7.11 Å². The minimum absolute atomic E-state index is 0.136. The summed E-state index contributed by atoms with van der Waals surface area (Å²) in [5, 5.41) is 5.02. The van der Waals surface area contributed by atoms with Crippen LogP contribution in [-0.4, -0.2) is 73.5 Å². The van der Waals surface area contributed by atoms with Gasteiger partial charge in [-0.15, -0.1) is 0 Å². The van der Waals surface area contributed by atoms with Crippen molar-refractivity contribution >= 4 is 27.6 Å². The second-order valence-electron chi connectivity index (χ2n) is 10.8. The summed E-state index contributed by atoms with van der Waals surface area (Å²) in [6.07, 6.45) is 3.70. The number of guanidine groups is 1. The van der Waals surface area contributed by atoms with Crippen LogP contribution in [0.3, 0.4) is 0 Å². The first-order valence-corrected chi connectivity index (χ1v) is 17.8. The fourth-order valence-corrected chi connectivity index (χ4v) is 7.57. The number of aliphatic imine (C=N–C) groups is 1. The Kier molecular flexibility index (Phi) is 15.4. The number of unbranched alkanes of at least 4 members (excludes halogenated alkanes) is 1. The first-order chi connectivity index (χ1) is 20.9. The number of nitrogens with two attached hydrogens (primary N) is 1. The molecule has 0 aliphatic heterocycles. The summed E-state index contributed by atoms with van der Waals surface area (Å²) < 4.78 is 11.4. The van der Waals surface area contributed by atoms with Crippen LogP contribution in [0.5, 0.6) is 5.75 Å². The van der Waals surface area contributed by atoms with Crippen molar-refractivity contribution in [3.05, 3.63) is 89.5 Å². The molecule has 0 saturated heterocycles. The second-order valence-corrected chi connectivity index (χ2v) is 13.2. The quantitative estimate of drug-likeness (QED) is 0.0782. The molecule has 0 spiro atoms. The van der Waals surface area contributed by atoms with Gasteiger partial charge in [0.1, 0.15) is 0 Å². The number of aryl methyl sites for hydroxylation is 1. The van der Waals surface area contributed by atoms with E-state index in [2.05, 4.69) is 109 Å². The van der Waals surface area contributed by atoms with E-state index < -0.39 is 0 Å². The molecule has 0 aliphatic rings. The molecule has 1 amide bonds. The summed E-state index contributed by atoms with van der Waals surface area (Å²) in [4.78, 5) is 18.9. The summed E-state index contributed by atoms with van der Waals surface area (Å²) >= 11 is 0.175. The van der Waals surface area contributed by atoms with Gasteiger partial charge in [-0.2, -0.15) is 0 Å². The summed E-state index contributed by atoms with van der Waals surface area (Å²) in [5.74, 6) is 0.878. The Bertz CT molecular complexity index is 1270. The zero-order valence-electron chi connectivity index (χ0n) is 26.2. The first kappa shape index (κ1) is 34.4. The standard InChI is InChI=1S/C35H48AsN4O3/c1-5-6-21-38-35(37)39-34(41)20-16-27-15-19-31(33(24-27)43-23-10-22-42-4)29-17-13-28(14-18-29)25-36-26-32(40(2)3)30-11-8-7-9-12-30/h7-9,11-15,17-19,24,32H,5-6,10,16,20-23,25-26H2,1-4H3,(H3,37,38,39,41). The molecule has 1 unspecified atom stereocenters. The van der Waals surface area contributed by atoms with E-state index >= 15 is 0 Å².